The molecule has 0 spiro atoms. The number of Topliss-reactive ketones (excluding diaryl/α,β-unsaturated/α-hetero) is 1. The molecule has 0 fully saturated rings. The number of benzene rings is 1. The lowest BCUT2D eigenvalue weighted by molar-refractivity contribution is -0.116. The van der Waals surface area contributed by atoms with Gasteiger partial charge in [-0.1, -0.05) is 12.1 Å². The topological polar surface area (TPSA) is 78.3 Å². The first-order valence-electron chi connectivity index (χ1n) is 7.88. The van der Waals surface area contributed by atoms with Crippen LogP contribution in [0.3, 0.4) is 0 Å². The van der Waals surface area contributed by atoms with Crippen LogP contribution in [-0.4, -0.2) is 34.8 Å². The molecule has 2 heterocycles. The lowest BCUT2D eigenvalue weighted by atomic mass is 9.85. The molecule has 1 aromatic carbocycles. The third kappa shape index (κ3) is 2.08. The lowest BCUT2D eigenvalue weighted by Gasteiger charge is -2.32. The first kappa shape index (κ1) is 14.7. The Hall–Kier alpha value is -2.83. The molecule has 0 bridgehead atoms. The molecule has 1 aliphatic heterocycles. The maximum atomic E-state index is 12.7. The zero-order valence-corrected chi connectivity index (χ0v) is 13.6. The van der Waals surface area contributed by atoms with Crippen LogP contribution >= 0.6 is 0 Å². The van der Waals surface area contributed by atoms with Crippen molar-refractivity contribution in [1.82, 2.24) is 14.8 Å². The highest BCUT2D eigenvalue weighted by Gasteiger charge is 2.37. The maximum Gasteiger partial charge on any atom is 0.226 e. The van der Waals surface area contributed by atoms with Crippen LogP contribution in [0.1, 0.15) is 30.9 Å². The number of hydrogen-bond donors (Lipinski definition) is 1. The van der Waals surface area contributed by atoms with E-state index in [0.717, 1.165) is 29.7 Å². The van der Waals surface area contributed by atoms with Crippen LogP contribution in [0.2, 0.25) is 0 Å². The molecule has 1 atom stereocenters. The van der Waals surface area contributed by atoms with Gasteiger partial charge in [-0.05, 0) is 18.9 Å². The smallest absolute Gasteiger partial charge is 0.226 e. The monoisotopic (exact) mass is 326 g/mol. The van der Waals surface area contributed by atoms with Gasteiger partial charge in [-0.25, -0.2) is 4.68 Å². The number of ether oxygens (including phenoxy) is 2. The fraction of sp³-hybridized carbons (Fsp3) is 0.353. The molecule has 1 N–H and O–H groups in total. The maximum absolute atomic E-state index is 12.7. The van der Waals surface area contributed by atoms with Crippen molar-refractivity contribution in [2.75, 3.05) is 19.5 Å². The van der Waals surface area contributed by atoms with Gasteiger partial charge in [0.2, 0.25) is 5.95 Å². The van der Waals surface area contributed by atoms with Crippen LogP contribution in [0.15, 0.2) is 35.8 Å². The zero-order chi connectivity index (χ0) is 16.7. The Kier molecular flexibility index (Phi) is 3.48. The summed E-state index contributed by atoms with van der Waals surface area (Å²) in [4.78, 5) is 16.9. The van der Waals surface area contributed by atoms with E-state index in [9.17, 15) is 4.79 Å². The number of ketones is 1. The molecular formula is C17H18N4O3. The van der Waals surface area contributed by atoms with Gasteiger partial charge in [0.15, 0.2) is 17.3 Å². The van der Waals surface area contributed by atoms with Crippen LogP contribution in [0, 0.1) is 0 Å². The summed E-state index contributed by atoms with van der Waals surface area (Å²) >= 11 is 0. The number of allylic oxidation sites excluding steroid dienone is 2. The number of aromatic nitrogens is 3. The molecule has 2 aliphatic rings. The standard InChI is InChI=1S/C17H18N4O3/c1-23-13-8-3-5-10(16(13)24-2)15-14-11(6-4-7-12(14)22)20-17-18-9-19-21(15)17/h3,5,8-9,15H,4,6-7H2,1-2H3,(H,18,19,20)/t15-/m1/s1. The summed E-state index contributed by atoms with van der Waals surface area (Å²) in [6.45, 7) is 0. The molecule has 4 rings (SSSR count). The number of nitrogens with one attached hydrogen (secondary N) is 1. The highest BCUT2D eigenvalue weighted by Crippen LogP contribution is 2.44. The number of carbonyl (C=O) groups is 1. The molecule has 0 radical (unpaired) electrons. The van der Waals surface area contributed by atoms with Gasteiger partial charge >= 0.3 is 0 Å². The average molecular weight is 326 g/mol. The van der Waals surface area contributed by atoms with E-state index in [2.05, 4.69) is 15.4 Å². The van der Waals surface area contributed by atoms with Crippen LogP contribution in [0.4, 0.5) is 5.95 Å². The second-order valence-corrected chi connectivity index (χ2v) is 5.81. The van der Waals surface area contributed by atoms with Crippen molar-refractivity contribution in [1.29, 1.82) is 0 Å². The molecule has 0 unspecified atom stereocenters. The first-order chi connectivity index (χ1) is 11.7. The Morgan fingerprint density at radius 1 is 1.25 bits per heavy atom. The highest BCUT2D eigenvalue weighted by molar-refractivity contribution is 5.99. The molecule has 1 aliphatic carbocycles. The first-order valence-corrected chi connectivity index (χ1v) is 7.88. The minimum Gasteiger partial charge on any atom is -0.493 e. The lowest BCUT2D eigenvalue weighted by Crippen LogP contribution is -2.31. The summed E-state index contributed by atoms with van der Waals surface area (Å²) in [5, 5.41) is 7.58. The minimum absolute atomic E-state index is 0.139. The van der Waals surface area contributed by atoms with Gasteiger partial charge in [0.1, 0.15) is 12.4 Å². The fourth-order valence-electron chi connectivity index (χ4n) is 3.51. The SMILES string of the molecule is COc1cccc([C@@H]2C3=C(CCCC3=O)Nc3ncnn32)c1OC. The molecule has 124 valence electrons. The highest BCUT2D eigenvalue weighted by atomic mass is 16.5. The van der Waals surface area contributed by atoms with E-state index in [4.69, 9.17) is 9.47 Å². The molecule has 0 saturated heterocycles. The van der Waals surface area contributed by atoms with Crippen LogP contribution in [0.5, 0.6) is 11.5 Å². The third-order valence-electron chi connectivity index (χ3n) is 4.54. The van der Waals surface area contributed by atoms with Crippen molar-refractivity contribution in [3.8, 4) is 11.5 Å². The van der Waals surface area contributed by atoms with Crippen LogP contribution in [0.25, 0.3) is 0 Å². The summed E-state index contributed by atoms with van der Waals surface area (Å²) < 4.78 is 12.7. The quantitative estimate of drug-likeness (QED) is 0.932. The predicted molar refractivity (Wildman–Crippen MR) is 87.2 cm³/mol. The van der Waals surface area contributed by atoms with Gasteiger partial charge in [-0.3, -0.25) is 4.79 Å². The Bertz CT molecular complexity index is 840. The molecule has 7 nitrogen and oxygen atoms in total. The summed E-state index contributed by atoms with van der Waals surface area (Å²) in [5.74, 6) is 2.01. The van der Waals surface area contributed by atoms with Gasteiger partial charge in [0.05, 0.1) is 14.2 Å². The fourth-order valence-corrected chi connectivity index (χ4v) is 3.51. The molecule has 0 amide bonds. The molecule has 2 aromatic rings. The van der Waals surface area contributed by atoms with Crippen LogP contribution < -0.4 is 14.8 Å². The van der Waals surface area contributed by atoms with Gasteiger partial charge in [0, 0.05) is 23.3 Å². The number of anilines is 1. The second-order valence-electron chi connectivity index (χ2n) is 5.81. The molecule has 1 aromatic heterocycles. The van der Waals surface area contributed by atoms with Gasteiger partial charge in [-0.15, -0.1) is 0 Å². The van der Waals surface area contributed by atoms with Crippen molar-refractivity contribution in [3.63, 3.8) is 0 Å². The van der Waals surface area contributed by atoms with E-state index in [0.29, 0.717) is 23.9 Å². The number of fused-ring (bicyclic) bond motifs is 1. The van der Waals surface area contributed by atoms with Crippen molar-refractivity contribution < 1.29 is 14.3 Å². The van der Waals surface area contributed by atoms with Crippen LogP contribution in [-0.2, 0) is 4.79 Å². The number of rotatable bonds is 3. The summed E-state index contributed by atoms with van der Waals surface area (Å²) in [5.41, 5.74) is 2.51. The number of carbonyl (C=O) groups excluding carboxylic acids is 1. The van der Waals surface area contributed by atoms with Gasteiger partial charge in [0.25, 0.3) is 0 Å². The summed E-state index contributed by atoms with van der Waals surface area (Å²) in [6.07, 6.45) is 3.72. The van der Waals surface area contributed by atoms with E-state index in [1.165, 1.54) is 6.33 Å². The van der Waals surface area contributed by atoms with Gasteiger partial charge in [-0.2, -0.15) is 10.1 Å². The Morgan fingerprint density at radius 3 is 2.92 bits per heavy atom. The van der Waals surface area contributed by atoms with Crippen molar-refractivity contribution in [2.24, 2.45) is 0 Å². The second kappa shape index (κ2) is 5.67. The van der Waals surface area contributed by atoms with E-state index >= 15 is 0 Å². The number of nitrogens with zero attached hydrogens (tertiary/aromatic N) is 3. The normalized spacial score (nSPS) is 19.4. The zero-order valence-electron chi connectivity index (χ0n) is 13.6. The number of para-hydroxylation sites is 1. The van der Waals surface area contributed by atoms with E-state index in [-0.39, 0.29) is 11.8 Å². The molecule has 0 saturated carbocycles. The summed E-state index contributed by atoms with van der Waals surface area (Å²) in [7, 11) is 3.20. The Morgan fingerprint density at radius 2 is 2.12 bits per heavy atom. The van der Waals surface area contributed by atoms with Crippen molar-refractivity contribution >= 4 is 11.7 Å². The average Bonchev–Trinajstić information content (AvgIpc) is 3.07. The molecule has 7 heteroatoms. The Labute approximate surface area is 139 Å². The molecular weight excluding hydrogens is 308 g/mol. The number of hydrogen-bond acceptors (Lipinski definition) is 6. The van der Waals surface area contributed by atoms with Crippen molar-refractivity contribution in [3.05, 3.63) is 41.4 Å². The van der Waals surface area contributed by atoms with E-state index < -0.39 is 0 Å². The largest absolute Gasteiger partial charge is 0.493 e. The van der Waals surface area contributed by atoms with E-state index in [1.54, 1.807) is 18.9 Å². The van der Waals surface area contributed by atoms with Gasteiger partial charge < -0.3 is 14.8 Å². The predicted octanol–water partition coefficient (Wildman–Crippen LogP) is 2.32. The minimum atomic E-state index is -0.364. The Balaban J connectivity index is 1.96. The third-order valence-corrected chi connectivity index (χ3v) is 4.54. The summed E-state index contributed by atoms with van der Waals surface area (Å²) in [6, 6.07) is 5.30. The van der Waals surface area contributed by atoms with E-state index in [1.807, 2.05) is 18.2 Å². The number of methoxy groups -OCH3 is 2. The van der Waals surface area contributed by atoms with Crippen molar-refractivity contribution in [2.45, 2.75) is 25.3 Å². The molecule has 24 heavy (non-hydrogen) atoms.